The zero-order valence-corrected chi connectivity index (χ0v) is 13.6. The van der Waals surface area contributed by atoms with E-state index < -0.39 is 0 Å². The fourth-order valence-electron chi connectivity index (χ4n) is 2.93. The first kappa shape index (κ1) is 13.7. The van der Waals surface area contributed by atoms with Crippen molar-refractivity contribution in [2.75, 3.05) is 5.32 Å². The van der Waals surface area contributed by atoms with Gasteiger partial charge in [-0.05, 0) is 54.2 Å². The van der Waals surface area contributed by atoms with Crippen molar-refractivity contribution in [3.05, 3.63) is 40.1 Å². The molecule has 0 aliphatic heterocycles. The van der Waals surface area contributed by atoms with Gasteiger partial charge in [0.25, 0.3) is 0 Å². The number of anilines is 2. The lowest BCUT2D eigenvalue weighted by Gasteiger charge is -2.16. The van der Waals surface area contributed by atoms with Gasteiger partial charge in [-0.25, -0.2) is 4.98 Å². The van der Waals surface area contributed by atoms with Crippen LogP contribution in [0.3, 0.4) is 0 Å². The molecule has 1 heterocycles. The summed E-state index contributed by atoms with van der Waals surface area (Å²) < 4.78 is 3.43. The Morgan fingerprint density at radius 1 is 1.25 bits per heavy atom. The van der Waals surface area contributed by atoms with Crippen LogP contribution in [-0.2, 0) is 0 Å². The molecule has 0 saturated heterocycles. The Hall–Kier alpha value is -1.29. The molecule has 3 nitrogen and oxygen atoms in total. The number of nitrogens with zero attached hydrogens (tertiary/aromatic N) is 2. The van der Waals surface area contributed by atoms with Crippen LogP contribution >= 0.6 is 15.9 Å². The van der Waals surface area contributed by atoms with Crippen LogP contribution in [0.1, 0.15) is 43.0 Å². The van der Waals surface area contributed by atoms with Crippen molar-refractivity contribution < 1.29 is 0 Å². The maximum atomic E-state index is 4.65. The second kappa shape index (κ2) is 5.60. The summed E-state index contributed by atoms with van der Waals surface area (Å²) in [5.41, 5.74) is 3.38. The summed E-state index contributed by atoms with van der Waals surface area (Å²) in [7, 11) is 0. The first-order valence-corrected chi connectivity index (χ1v) is 8.02. The van der Waals surface area contributed by atoms with E-state index in [0.29, 0.717) is 6.04 Å². The van der Waals surface area contributed by atoms with Crippen molar-refractivity contribution in [3.8, 4) is 0 Å². The molecule has 1 N–H and O–H groups in total. The molecule has 1 aliphatic carbocycles. The Balaban J connectivity index is 1.92. The Morgan fingerprint density at radius 3 is 2.75 bits per heavy atom. The van der Waals surface area contributed by atoms with Crippen LogP contribution in [0.4, 0.5) is 11.6 Å². The van der Waals surface area contributed by atoms with Gasteiger partial charge in [-0.15, -0.1) is 0 Å². The van der Waals surface area contributed by atoms with Gasteiger partial charge in [-0.3, -0.25) is 0 Å². The van der Waals surface area contributed by atoms with Gasteiger partial charge in [0.2, 0.25) is 5.95 Å². The van der Waals surface area contributed by atoms with E-state index in [4.69, 9.17) is 0 Å². The topological polar surface area (TPSA) is 29.9 Å². The second-order valence-electron chi connectivity index (χ2n) is 5.61. The van der Waals surface area contributed by atoms with E-state index in [1.165, 1.54) is 31.2 Å². The molecule has 3 rings (SSSR count). The third-order valence-corrected chi connectivity index (χ3v) is 5.06. The third-order valence-electron chi connectivity index (χ3n) is 4.01. The highest BCUT2D eigenvalue weighted by atomic mass is 79.9. The molecular formula is C16H20BrN3. The fourth-order valence-corrected chi connectivity index (χ4v) is 3.30. The van der Waals surface area contributed by atoms with Gasteiger partial charge in [-0.1, -0.05) is 25.0 Å². The molecule has 2 aromatic rings. The number of rotatable bonds is 3. The molecule has 1 fully saturated rings. The Kier molecular flexibility index (Phi) is 3.83. The van der Waals surface area contributed by atoms with Gasteiger partial charge in [0.1, 0.15) is 0 Å². The number of hydrogen-bond acceptors (Lipinski definition) is 2. The van der Waals surface area contributed by atoms with Gasteiger partial charge in [0, 0.05) is 16.7 Å². The smallest absolute Gasteiger partial charge is 0.207 e. The van der Waals surface area contributed by atoms with Crippen molar-refractivity contribution in [3.63, 3.8) is 0 Å². The van der Waals surface area contributed by atoms with Gasteiger partial charge < -0.3 is 9.88 Å². The number of hydrogen-bond donors (Lipinski definition) is 1. The number of aryl methyl sites for hydroxylation is 2. The van der Waals surface area contributed by atoms with E-state index in [2.05, 4.69) is 69.0 Å². The summed E-state index contributed by atoms with van der Waals surface area (Å²) in [4.78, 5) is 4.65. The van der Waals surface area contributed by atoms with Crippen molar-refractivity contribution in [2.24, 2.45) is 0 Å². The summed E-state index contributed by atoms with van der Waals surface area (Å²) in [5.74, 6) is 0.959. The maximum absolute atomic E-state index is 4.65. The van der Waals surface area contributed by atoms with Crippen LogP contribution in [0, 0.1) is 13.8 Å². The van der Waals surface area contributed by atoms with Crippen LogP contribution in [0.2, 0.25) is 0 Å². The molecule has 0 spiro atoms. The van der Waals surface area contributed by atoms with Gasteiger partial charge in [0.05, 0.1) is 11.4 Å². The largest absolute Gasteiger partial charge is 0.325 e. The Labute approximate surface area is 128 Å². The molecule has 1 saturated carbocycles. The van der Waals surface area contributed by atoms with Crippen LogP contribution in [-0.4, -0.2) is 9.55 Å². The number of nitrogens with one attached hydrogen (secondary N) is 1. The molecule has 4 heteroatoms. The monoisotopic (exact) mass is 333 g/mol. The van der Waals surface area contributed by atoms with E-state index in [9.17, 15) is 0 Å². The summed E-state index contributed by atoms with van der Waals surface area (Å²) in [6, 6.07) is 6.85. The molecule has 0 radical (unpaired) electrons. The molecule has 106 valence electrons. The van der Waals surface area contributed by atoms with Gasteiger partial charge in [-0.2, -0.15) is 0 Å². The molecule has 0 unspecified atom stereocenters. The predicted octanol–water partition coefficient (Wildman–Crippen LogP) is 5.12. The first-order valence-electron chi connectivity index (χ1n) is 7.23. The maximum Gasteiger partial charge on any atom is 0.207 e. The molecule has 0 amide bonds. The zero-order chi connectivity index (χ0) is 14.1. The van der Waals surface area contributed by atoms with E-state index in [0.717, 1.165) is 21.8 Å². The predicted molar refractivity (Wildman–Crippen MR) is 86.6 cm³/mol. The molecule has 20 heavy (non-hydrogen) atoms. The second-order valence-corrected chi connectivity index (χ2v) is 6.41. The lowest BCUT2D eigenvalue weighted by Crippen LogP contribution is -2.08. The summed E-state index contributed by atoms with van der Waals surface area (Å²) >= 11 is 3.65. The molecule has 0 bridgehead atoms. The minimum absolute atomic E-state index is 0.599. The molecule has 1 aromatic carbocycles. The summed E-state index contributed by atoms with van der Waals surface area (Å²) in [5, 5.41) is 3.48. The molecule has 0 atom stereocenters. The van der Waals surface area contributed by atoms with Crippen molar-refractivity contribution in [1.82, 2.24) is 9.55 Å². The molecular weight excluding hydrogens is 314 g/mol. The normalized spacial score (nSPS) is 15.8. The summed E-state index contributed by atoms with van der Waals surface area (Å²) in [6.07, 6.45) is 7.35. The van der Waals surface area contributed by atoms with E-state index in [-0.39, 0.29) is 0 Å². The highest BCUT2D eigenvalue weighted by Crippen LogP contribution is 2.34. The van der Waals surface area contributed by atoms with Crippen LogP contribution in [0.15, 0.2) is 28.9 Å². The lowest BCUT2D eigenvalue weighted by molar-refractivity contribution is 0.524. The lowest BCUT2D eigenvalue weighted by atomic mass is 10.2. The number of halogens is 1. The fraction of sp³-hybridized carbons (Fsp3) is 0.438. The minimum atomic E-state index is 0.599. The number of benzene rings is 1. The molecule has 1 aliphatic rings. The number of aromatic nitrogens is 2. The standard InChI is InChI=1S/C16H20BrN3/c1-11-6-5-9-14(15(11)17)19-16-18-12(2)10-20(16)13-7-3-4-8-13/h5-6,9-10,13H,3-4,7-8H2,1-2H3,(H,18,19). The van der Waals surface area contributed by atoms with E-state index in [1.54, 1.807) is 0 Å². The summed E-state index contributed by atoms with van der Waals surface area (Å²) in [6.45, 7) is 4.16. The van der Waals surface area contributed by atoms with Crippen LogP contribution < -0.4 is 5.32 Å². The first-order chi connectivity index (χ1) is 9.65. The zero-order valence-electron chi connectivity index (χ0n) is 12.0. The van der Waals surface area contributed by atoms with E-state index >= 15 is 0 Å². The number of imidazole rings is 1. The highest BCUT2D eigenvalue weighted by Gasteiger charge is 2.20. The average molecular weight is 334 g/mol. The van der Waals surface area contributed by atoms with Gasteiger partial charge >= 0.3 is 0 Å². The minimum Gasteiger partial charge on any atom is -0.325 e. The third kappa shape index (κ3) is 2.62. The molecule has 1 aromatic heterocycles. The van der Waals surface area contributed by atoms with Crippen LogP contribution in [0.5, 0.6) is 0 Å². The quantitative estimate of drug-likeness (QED) is 0.844. The van der Waals surface area contributed by atoms with Crippen molar-refractivity contribution in [1.29, 1.82) is 0 Å². The highest BCUT2D eigenvalue weighted by molar-refractivity contribution is 9.10. The van der Waals surface area contributed by atoms with Crippen molar-refractivity contribution in [2.45, 2.75) is 45.6 Å². The van der Waals surface area contributed by atoms with E-state index in [1.807, 2.05) is 0 Å². The van der Waals surface area contributed by atoms with Crippen molar-refractivity contribution >= 4 is 27.6 Å². The SMILES string of the molecule is Cc1cn(C2CCCC2)c(Nc2cccc(C)c2Br)n1. The van der Waals surface area contributed by atoms with Crippen LogP contribution in [0.25, 0.3) is 0 Å². The Morgan fingerprint density at radius 2 is 2.00 bits per heavy atom. The Bertz CT molecular complexity index is 612. The average Bonchev–Trinajstić information content (AvgIpc) is 3.04. The van der Waals surface area contributed by atoms with Gasteiger partial charge in [0.15, 0.2) is 0 Å².